The highest BCUT2D eigenvalue weighted by Crippen LogP contribution is 2.18. The molecule has 0 bridgehead atoms. The van der Waals surface area contributed by atoms with Crippen LogP contribution in [0, 0.1) is 0 Å². The summed E-state index contributed by atoms with van der Waals surface area (Å²) in [4.78, 5) is 4.72. The Labute approximate surface area is 190 Å². The van der Waals surface area contributed by atoms with Crippen LogP contribution in [0.4, 0.5) is 0 Å². The molecular weight excluding hydrogens is 402 g/mol. The number of nitrogens with one attached hydrogen (secondary N) is 2. The fourth-order valence-electron chi connectivity index (χ4n) is 3.27. The van der Waals surface area contributed by atoms with E-state index < -0.39 is 5.60 Å². The fraction of sp³-hybridized carbons (Fsp3) is 0.360. The number of aryl methyl sites for hydroxylation is 1. The Morgan fingerprint density at radius 1 is 1.06 bits per heavy atom. The number of ether oxygens (including phenoxy) is 1. The quantitative estimate of drug-likeness (QED) is 0.337. The summed E-state index contributed by atoms with van der Waals surface area (Å²) in [7, 11) is 1.83. The predicted octanol–water partition coefficient (Wildman–Crippen LogP) is 3.10. The van der Waals surface area contributed by atoms with Crippen LogP contribution < -0.4 is 10.6 Å². The summed E-state index contributed by atoms with van der Waals surface area (Å²) < 4.78 is 7.60. The van der Waals surface area contributed by atoms with Gasteiger partial charge >= 0.3 is 0 Å². The average molecular weight is 436 g/mol. The normalized spacial score (nSPS) is 13.6. The molecule has 2 aromatic carbocycles. The van der Waals surface area contributed by atoms with E-state index in [0.29, 0.717) is 32.3 Å². The number of nitrogens with zero attached hydrogens (tertiary/aromatic N) is 3. The topological polar surface area (TPSA) is 83.7 Å². The molecule has 3 rings (SSSR count). The van der Waals surface area contributed by atoms with Crippen molar-refractivity contribution < 1.29 is 9.84 Å². The smallest absolute Gasteiger partial charge is 0.191 e. The van der Waals surface area contributed by atoms with Crippen LogP contribution in [0.1, 0.15) is 36.1 Å². The average Bonchev–Trinajstić information content (AvgIpc) is 3.24. The number of rotatable bonds is 10. The molecule has 1 atom stereocenters. The number of aliphatic imine (C=N–C) groups is 1. The summed E-state index contributed by atoms with van der Waals surface area (Å²) in [5.74, 6) is 0.650. The number of guanidine groups is 1. The number of hydrogen-bond acceptors (Lipinski definition) is 4. The predicted molar refractivity (Wildman–Crippen MR) is 127 cm³/mol. The van der Waals surface area contributed by atoms with Crippen LogP contribution in [-0.4, -0.2) is 33.9 Å². The van der Waals surface area contributed by atoms with E-state index in [4.69, 9.17) is 9.73 Å². The van der Waals surface area contributed by atoms with Gasteiger partial charge in [0.05, 0.1) is 32.5 Å². The standard InChI is InChI=1S/C25H33N5O2/c1-4-26-24(28-19-25(2,31)23-15-29-30(3)16-23)27-14-21-12-8-9-13-22(21)18-32-17-20-10-6-5-7-11-20/h5-13,15-16,31H,4,14,17-19H2,1-3H3,(H2,26,27,28). The van der Waals surface area contributed by atoms with Crippen LogP contribution in [0.15, 0.2) is 72.0 Å². The first kappa shape index (κ1) is 23.5. The molecule has 170 valence electrons. The van der Waals surface area contributed by atoms with Crippen LogP contribution in [-0.2, 0) is 37.1 Å². The molecule has 1 heterocycles. The molecule has 7 heteroatoms. The van der Waals surface area contributed by atoms with Crippen LogP contribution in [0.5, 0.6) is 0 Å². The molecule has 1 unspecified atom stereocenters. The Morgan fingerprint density at radius 3 is 2.47 bits per heavy atom. The molecule has 1 aromatic heterocycles. The highest BCUT2D eigenvalue weighted by Gasteiger charge is 2.25. The van der Waals surface area contributed by atoms with Crippen LogP contribution in [0.25, 0.3) is 0 Å². The molecule has 0 saturated heterocycles. The van der Waals surface area contributed by atoms with Crippen molar-refractivity contribution in [1.82, 2.24) is 20.4 Å². The molecular formula is C25H33N5O2. The maximum Gasteiger partial charge on any atom is 0.191 e. The van der Waals surface area contributed by atoms with Crippen molar-refractivity contribution in [2.75, 3.05) is 13.1 Å². The minimum Gasteiger partial charge on any atom is -0.383 e. The van der Waals surface area contributed by atoms with Crippen molar-refractivity contribution in [2.24, 2.45) is 12.0 Å². The van der Waals surface area contributed by atoms with Crippen molar-refractivity contribution >= 4 is 5.96 Å². The molecule has 0 aliphatic rings. The summed E-state index contributed by atoms with van der Waals surface area (Å²) in [5, 5.41) is 21.5. The van der Waals surface area contributed by atoms with Gasteiger partial charge in [-0.3, -0.25) is 4.68 Å². The highest BCUT2D eigenvalue weighted by molar-refractivity contribution is 5.79. The highest BCUT2D eigenvalue weighted by atomic mass is 16.5. The lowest BCUT2D eigenvalue weighted by molar-refractivity contribution is 0.0616. The van der Waals surface area contributed by atoms with Crippen LogP contribution >= 0.6 is 0 Å². The molecule has 32 heavy (non-hydrogen) atoms. The molecule has 7 nitrogen and oxygen atoms in total. The molecule has 0 spiro atoms. The van der Waals surface area contributed by atoms with Gasteiger partial charge in [-0.15, -0.1) is 0 Å². The molecule has 0 saturated carbocycles. The number of hydrogen-bond donors (Lipinski definition) is 3. The van der Waals surface area contributed by atoms with E-state index in [-0.39, 0.29) is 0 Å². The van der Waals surface area contributed by atoms with E-state index >= 15 is 0 Å². The first-order valence-electron chi connectivity index (χ1n) is 10.9. The Hall–Kier alpha value is -3.16. The van der Waals surface area contributed by atoms with Crippen molar-refractivity contribution in [3.63, 3.8) is 0 Å². The number of aromatic nitrogens is 2. The Balaban J connectivity index is 1.60. The lowest BCUT2D eigenvalue weighted by atomic mass is 10.00. The van der Waals surface area contributed by atoms with Crippen LogP contribution in [0.2, 0.25) is 0 Å². The third-order valence-electron chi connectivity index (χ3n) is 5.17. The van der Waals surface area contributed by atoms with E-state index in [2.05, 4.69) is 40.0 Å². The van der Waals surface area contributed by atoms with Gasteiger partial charge in [0.25, 0.3) is 0 Å². The lowest BCUT2D eigenvalue weighted by Gasteiger charge is -2.23. The van der Waals surface area contributed by atoms with Crippen molar-refractivity contribution in [3.8, 4) is 0 Å². The molecule has 0 aliphatic carbocycles. The summed E-state index contributed by atoms with van der Waals surface area (Å²) in [6.45, 7) is 6.43. The van der Waals surface area contributed by atoms with Crippen molar-refractivity contribution in [2.45, 2.75) is 39.2 Å². The SMILES string of the molecule is CCNC(=NCc1ccccc1COCc1ccccc1)NCC(C)(O)c1cnn(C)c1. The van der Waals surface area contributed by atoms with Gasteiger partial charge in [-0.2, -0.15) is 5.10 Å². The maximum atomic E-state index is 10.8. The zero-order chi connectivity index (χ0) is 22.8. The van der Waals surface area contributed by atoms with E-state index in [1.807, 2.05) is 50.5 Å². The maximum absolute atomic E-state index is 10.8. The number of aliphatic hydroxyl groups is 1. The van der Waals surface area contributed by atoms with Gasteiger partial charge < -0.3 is 20.5 Å². The van der Waals surface area contributed by atoms with Gasteiger partial charge in [-0.1, -0.05) is 54.6 Å². The molecule has 0 fully saturated rings. The minimum absolute atomic E-state index is 0.312. The second-order valence-corrected chi connectivity index (χ2v) is 7.97. The first-order valence-corrected chi connectivity index (χ1v) is 10.9. The third kappa shape index (κ3) is 6.93. The van der Waals surface area contributed by atoms with Crippen molar-refractivity contribution in [3.05, 3.63) is 89.2 Å². The molecule has 3 N–H and O–H groups in total. The van der Waals surface area contributed by atoms with Crippen molar-refractivity contribution in [1.29, 1.82) is 0 Å². The molecule has 0 amide bonds. The second-order valence-electron chi connectivity index (χ2n) is 7.97. The number of benzene rings is 2. The van der Waals surface area contributed by atoms with Crippen LogP contribution in [0.3, 0.4) is 0 Å². The van der Waals surface area contributed by atoms with Gasteiger partial charge in [0, 0.05) is 25.4 Å². The summed E-state index contributed by atoms with van der Waals surface area (Å²) in [6, 6.07) is 18.3. The summed E-state index contributed by atoms with van der Waals surface area (Å²) in [6.07, 6.45) is 3.49. The zero-order valence-electron chi connectivity index (χ0n) is 19.1. The van der Waals surface area contributed by atoms with Gasteiger partial charge in [0.15, 0.2) is 5.96 Å². The first-order chi connectivity index (χ1) is 15.5. The molecule has 0 radical (unpaired) electrons. The second kappa shape index (κ2) is 11.5. The monoisotopic (exact) mass is 435 g/mol. The Kier molecular flexibility index (Phi) is 8.41. The fourth-order valence-corrected chi connectivity index (χ4v) is 3.27. The van der Waals surface area contributed by atoms with Gasteiger partial charge in [0.1, 0.15) is 5.60 Å². The summed E-state index contributed by atoms with van der Waals surface area (Å²) in [5.41, 5.74) is 3.07. The van der Waals surface area contributed by atoms with Gasteiger partial charge in [-0.25, -0.2) is 4.99 Å². The summed E-state index contributed by atoms with van der Waals surface area (Å²) >= 11 is 0. The van der Waals surface area contributed by atoms with Gasteiger partial charge in [-0.05, 0) is 30.5 Å². The van der Waals surface area contributed by atoms with Gasteiger partial charge in [0.2, 0.25) is 0 Å². The minimum atomic E-state index is -1.06. The zero-order valence-corrected chi connectivity index (χ0v) is 19.1. The van der Waals surface area contributed by atoms with E-state index in [1.165, 1.54) is 0 Å². The molecule has 0 aliphatic heterocycles. The largest absolute Gasteiger partial charge is 0.383 e. The van der Waals surface area contributed by atoms with E-state index in [9.17, 15) is 5.11 Å². The Bertz CT molecular complexity index is 998. The molecule has 3 aromatic rings. The van der Waals surface area contributed by atoms with E-state index in [0.717, 1.165) is 28.8 Å². The third-order valence-corrected chi connectivity index (χ3v) is 5.17. The lowest BCUT2D eigenvalue weighted by Crippen LogP contribution is -2.44. The van der Waals surface area contributed by atoms with E-state index in [1.54, 1.807) is 17.8 Å². The Morgan fingerprint density at radius 2 is 1.78 bits per heavy atom.